The van der Waals surface area contributed by atoms with Crippen LogP contribution in [0.1, 0.15) is 19.3 Å². The van der Waals surface area contributed by atoms with Crippen LogP contribution in [0.25, 0.3) is 0 Å². The summed E-state index contributed by atoms with van der Waals surface area (Å²) in [6.07, 6.45) is 2.42. The van der Waals surface area contributed by atoms with Crippen LogP contribution < -0.4 is 5.73 Å². The monoisotopic (exact) mass is 129 g/mol. The molecule has 1 fully saturated rings. The van der Waals surface area contributed by atoms with E-state index in [0.717, 1.165) is 12.8 Å². The lowest BCUT2D eigenvalue weighted by molar-refractivity contribution is -0.152. The molecule has 0 spiro atoms. The standard InChI is InChI=1S/C6H11NO2/c7-4-5-2-1-3-6(8)9-5/h5H,1-4,7H2/t5-/m0/s1. The minimum absolute atomic E-state index is 0.00810. The largest absolute Gasteiger partial charge is 0.461 e. The number of carbonyl (C=O) groups excluding carboxylic acids is 1. The molecule has 1 atom stereocenters. The Hall–Kier alpha value is -0.570. The Balaban J connectivity index is 2.32. The highest BCUT2D eigenvalue weighted by atomic mass is 16.5. The molecule has 0 saturated carbocycles. The lowest BCUT2D eigenvalue weighted by atomic mass is 10.1. The first-order valence-corrected chi connectivity index (χ1v) is 3.22. The number of ether oxygens (including phenoxy) is 1. The molecule has 0 radical (unpaired) electrons. The van der Waals surface area contributed by atoms with Crippen molar-refractivity contribution in [2.45, 2.75) is 25.4 Å². The molecular formula is C6H11NO2. The summed E-state index contributed by atoms with van der Waals surface area (Å²) < 4.78 is 4.87. The van der Waals surface area contributed by atoms with Crippen molar-refractivity contribution in [1.29, 1.82) is 0 Å². The van der Waals surface area contributed by atoms with Gasteiger partial charge in [0.2, 0.25) is 0 Å². The average Bonchev–Trinajstić information content (AvgIpc) is 1.88. The first-order chi connectivity index (χ1) is 4.33. The number of carbonyl (C=O) groups is 1. The molecule has 9 heavy (non-hydrogen) atoms. The molecule has 1 rings (SSSR count). The van der Waals surface area contributed by atoms with E-state index in [-0.39, 0.29) is 12.1 Å². The van der Waals surface area contributed by atoms with Gasteiger partial charge in [0.1, 0.15) is 6.10 Å². The quantitative estimate of drug-likeness (QED) is 0.508. The molecule has 52 valence electrons. The SMILES string of the molecule is NC[C@@H]1CCCC(=O)O1. The minimum Gasteiger partial charge on any atom is -0.461 e. The maximum atomic E-state index is 10.6. The van der Waals surface area contributed by atoms with Gasteiger partial charge in [0.15, 0.2) is 0 Å². The van der Waals surface area contributed by atoms with E-state index in [1.807, 2.05) is 0 Å². The van der Waals surface area contributed by atoms with Crippen molar-refractivity contribution in [1.82, 2.24) is 0 Å². The second kappa shape index (κ2) is 2.82. The number of hydrogen-bond acceptors (Lipinski definition) is 3. The van der Waals surface area contributed by atoms with Crippen LogP contribution in [0.4, 0.5) is 0 Å². The molecule has 3 nitrogen and oxygen atoms in total. The molecule has 0 unspecified atom stereocenters. The summed E-state index contributed by atoms with van der Waals surface area (Å²) in [6, 6.07) is 0. The molecular weight excluding hydrogens is 118 g/mol. The molecule has 1 aliphatic rings. The van der Waals surface area contributed by atoms with Crippen LogP contribution in [0.2, 0.25) is 0 Å². The predicted molar refractivity (Wildman–Crippen MR) is 32.8 cm³/mol. The van der Waals surface area contributed by atoms with E-state index in [1.165, 1.54) is 0 Å². The Morgan fingerprint density at radius 3 is 3.00 bits per heavy atom. The van der Waals surface area contributed by atoms with Crippen LogP contribution in [0.15, 0.2) is 0 Å². The van der Waals surface area contributed by atoms with Crippen molar-refractivity contribution in [3.05, 3.63) is 0 Å². The maximum Gasteiger partial charge on any atom is 0.306 e. The molecule has 1 saturated heterocycles. The van der Waals surface area contributed by atoms with Crippen molar-refractivity contribution in [2.24, 2.45) is 5.73 Å². The van der Waals surface area contributed by atoms with E-state index in [1.54, 1.807) is 0 Å². The lowest BCUT2D eigenvalue weighted by Crippen LogP contribution is -2.30. The second-order valence-electron chi connectivity index (χ2n) is 2.24. The third kappa shape index (κ3) is 1.68. The Labute approximate surface area is 54.2 Å². The van der Waals surface area contributed by atoms with Gasteiger partial charge in [-0.1, -0.05) is 0 Å². The van der Waals surface area contributed by atoms with Crippen LogP contribution in [0.5, 0.6) is 0 Å². The van der Waals surface area contributed by atoms with Crippen LogP contribution in [0, 0.1) is 0 Å². The average molecular weight is 129 g/mol. The third-order valence-corrected chi connectivity index (χ3v) is 1.47. The normalized spacial score (nSPS) is 27.7. The summed E-state index contributed by atoms with van der Waals surface area (Å²) in [5.41, 5.74) is 5.29. The fraction of sp³-hybridized carbons (Fsp3) is 0.833. The Morgan fingerprint density at radius 2 is 2.56 bits per heavy atom. The highest BCUT2D eigenvalue weighted by molar-refractivity contribution is 5.70. The minimum atomic E-state index is -0.100. The van der Waals surface area contributed by atoms with Crippen LogP contribution in [0.3, 0.4) is 0 Å². The van der Waals surface area contributed by atoms with E-state index >= 15 is 0 Å². The molecule has 3 heteroatoms. The van der Waals surface area contributed by atoms with Crippen molar-refractivity contribution >= 4 is 5.97 Å². The summed E-state index contributed by atoms with van der Waals surface area (Å²) in [5.74, 6) is -0.100. The summed E-state index contributed by atoms with van der Waals surface area (Å²) >= 11 is 0. The van der Waals surface area contributed by atoms with E-state index in [0.29, 0.717) is 13.0 Å². The molecule has 2 N–H and O–H groups in total. The Morgan fingerprint density at radius 1 is 1.78 bits per heavy atom. The molecule has 0 amide bonds. The van der Waals surface area contributed by atoms with E-state index in [9.17, 15) is 4.79 Å². The second-order valence-corrected chi connectivity index (χ2v) is 2.24. The third-order valence-electron chi connectivity index (χ3n) is 1.47. The van der Waals surface area contributed by atoms with E-state index in [2.05, 4.69) is 0 Å². The molecule has 0 aliphatic carbocycles. The highest BCUT2D eigenvalue weighted by Crippen LogP contribution is 2.12. The van der Waals surface area contributed by atoms with Gasteiger partial charge in [0.05, 0.1) is 0 Å². The Kier molecular flexibility index (Phi) is 2.05. The van der Waals surface area contributed by atoms with E-state index in [4.69, 9.17) is 10.5 Å². The number of rotatable bonds is 1. The highest BCUT2D eigenvalue weighted by Gasteiger charge is 2.17. The first-order valence-electron chi connectivity index (χ1n) is 3.22. The van der Waals surface area contributed by atoms with Crippen LogP contribution in [-0.2, 0) is 9.53 Å². The zero-order valence-electron chi connectivity index (χ0n) is 5.30. The van der Waals surface area contributed by atoms with Crippen molar-refractivity contribution < 1.29 is 9.53 Å². The number of cyclic esters (lactones) is 1. The molecule has 1 heterocycles. The van der Waals surface area contributed by atoms with Gasteiger partial charge in [-0.15, -0.1) is 0 Å². The molecule has 1 aliphatic heterocycles. The zero-order chi connectivity index (χ0) is 6.69. The number of hydrogen-bond donors (Lipinski definition) is 1. The number of esters is 1. The van der Waals surface area contributed by atoms with Crippen molar-refractivity contribution in [2.75, 3.05) is 6.54 Å². The Bertz CT molecular complexity index is 114. The van der Waals surface area contributed by atoms with Crippen molar-refractivity contribution in [3.63, 3.8) is 0 Å². The van der Waals surface area contributed by atoms with Gasteiger partial charge < -0.3 is 10.5 Å². The molecule has 0 aromatic rings. The van der Waals surface area contributed by atoms with Gasteiger partial charge in [-0.05, 0) is 12.8 Å². The number of nitrogens with two attached hydrogens (primary N) is 1. The van der Waals surface area contributed by atoms with Gasteiger partial charge >= 0.3 is 5.97 Å². The maximum absolute atomic E-state index is 10.6. The molecule has 0 aromatic carbocycles. The lowest BCUT2D eigenvalue weighted by Gasteiger charge is -2.19. The fourth-order valence-corrected chi connectivity index (χ4v) is 0.944. The predicted octanol–water partition coefficient (Wildman–Crippen LogP) is 0.0408. The van der Waals surface area contributed by atoms with Gasteiger partial charge in [-0.3, -0.25) is 4.79 Å². The van der Waals surface area contributed by atoms with E-state index < -0.39 is 0 Å². The topological polar surface area (TPSA) is 52.3 Å². The summed E-state index contributed by atoms with van der Waals surface area (Å²) in [7, 11) is 0. The zero-order valence-corrected chi connectivity index (χ0v) is 5.30. The fourth-order valence-electron chi connectivity index (χ4n) is 0.944. The smallest absolute Gasteiger partial charge is 0.306 e. The van der Waals surface area contributed by atoms with Crippen LogP contribution in [-0.4, -0.2) is 18.6 Å². The van der Waals surface area contributed by atoms with Gasteiger partial charge in [-0.2, -0.15) is 0 Å². The van der Waals surface area contributed by atoms with Gasteiger partial charge in [0, 0.05) is 13.0 Å². The van der Waals surface area contributed by atoms with Crippen molar-refractivity contribution in [3.8, 4) is 0 Å². The summed E-state index contributed by atoms with van der Waals surface area (Å²) in [4.78, 5) is 10.6. The van der Waals surface area contributed by atoms with Crippen LogP contribution >= 0.6 is 0 Å². The summed E-state index contributed by atoms with van der Waals surface area (Å²) in [5, 5.41) is 0. The van der Waals surface area contributed by atoms with Gasteiger partial charge in [-0.25, -0.2) is 0 Å². The molecule has 0 aromatic heterocycles. The van der Waals surface area contributed by atoms with Gasteiger partial charge in [0.25, 0.3) is 0 Å². The molecule has 0 bridgehead atoms. The summed E-state index contributed by atoms with van der Waals surface area (Å²) in [6.45, 7) is 0.464. The first kappa shape index (κ1) is 6.55.